The molecule has 0 unspecified atom stereocenters. The van der Waals surface area contributed by atoms with E-state index in [0.29, 0.717) is 11.4 Å². The first-order valence-electron chi connectivity index (χ1n) is 5.08. The molecule has 0 bridgehead atoms. The fourth-order valence-corrected chi connectivity index (χ4v) is 1.31. The highest BCUT2D eigenvalue weighted by Gasteiger charge is 2.10. The summed E-state index contributed by atoms with van der Waals surface area (Å²) in [6, 6.07) is 5.64. The number of ether oxygens (including phenoxy) is 1. The van der Waals surface area contributed by atoms with Crippen molar-refractivity contribution in [1.29, 1.82) is 0 Å². The Labute approximate surface area is 94.4 Å². The average molecular weight is 214 g/mol. The second-order valence-corrected chi connectivity index (χ2v) is 3.56. The highest BCUT2D eigenvalue weighted by atomic mass is 16.5. The van der Waals surface area contributed by atoms with Gasteiger partial charge in [0, 0.05) is 6.20 Å². The molecule has 2 aromatic heterocycles. The van der Waals surface area contributed by atoms with E-state index in [9.17, 15) is 0 Å². The molecular formula is C12H12N3O. The van der Waals surface area contributed by atoms with Gasteiger partial charge in [0.15, 0.2) is 12.1 Å². The Morgan fingerprint density at radius 3 is 2.88 bits per heavy atom. The second kappa shape index (κ2) is 4.70. The molecule has 0 spiro atoms. The predicted molar refractivity (Wildman–Crippen MR) is 59.9 cm³/mol. The van der Waals surface area contributed by atoms with Gasteiger partial charge in [0.1, 0.15) is 5.69 Å². The Morgan fingerprint density at radius 1 is 1.31 bits per heavy atom. The minimum Gasteiger partial charge on any atom is -0.487 e. The molecule has 0 amide bonds. The van der Waals surface area contributed by atoms with Gasteiger partial charge in [0.2, 0.25) is 0 Å². The lowest BCUT2D eigenvalue weighted by molar-refractivity contribution is 0.241. The smallest absolute Gasteiger partial charge is 0.198 e. The van der Waals surface area contributed by atoms with E-state index in [1.807, 2.05) is 32.0 Å². The molecule has 81 valence electrons. The molecule has 4 heteroatoms. The van der Waals surface area contributed by atoms with Gasteiger partial charge in [-0.3, -0.25) is 4.98 Å². The van der Waals surface area contributed by atoms with Crippen LogP contribution in [0.25, 0.3) is 11.4 Å². The Balaban J connectivity index is 2.41. The number of pyridine rings is 1. The summed E-state index contributed by atoms with van der Waals surface area (Å²) in [6.07, 6.45) is 5.96. The van der Waals surface area contributed by atoms with Gasteiger partial charge in [-0.15, -0.1) is 0 Å². The number of hydrogen-bond acceptors (Lipinski definition) is 4. The largest absolute Gasteiger partial charge is 0.487 e. The molecule has 0 fully saturated rings. The molecule has 0 aliphatic carbocycles. The Hall–Kier alpha value is -1.97. The maximum absolute atomic E-state index is 5.61. The van der Waals surface area contributed by atoms with Crippen LogP contribution < -0.4 is 4.74 Å². The molecule has 0 atom stereocenters. The van der Waals surface area contributed by atoms with E-state index < -0.39 is 0 Å². The van der Waals surface area contributed by atoms with Crippen molar-refractivity contribution in [2.75, 3.05) is 0 Å². The van der Waals surface area contributed by atoms with Gasteiger partial charge in [0.05, 0.1) is 18.0 Å². The van der Waals surface area contributed by atoms with E-state index in [-0.39, 0.29) is 6.10 Å². The third kappa shape index (κ3) is 2.34. The van der Waals surface area contributed by atoms with Crippen LogP contribution in [0.15, 0.2) is 30.6 Å². The quantitative estimate of drug-likeness (QED) is 0.785. The van der Waals surface area contributed by atoms with Gasteiger partial charge < -0.3 is 4.74 Å². The van der Waals surface area contributed by atoms with Crippen LogP contribution in [0.4, 0.5) is 0 Å². The van der Waals surface area contributed by atoms with Crippen molar-refractivity contribution in [3.05, 3.63) is 36.9 Å². The molecule has 0 aromatic carbocycles. The molecule has 2 aromatic rings. The summed E-state index contributed by atoms with van der Waals surface area (Å²) in [5.74, 6) is 0.632. The van der Waals surface area contributed by atoms with E-state index in [1.165, 1.54) is 0 Å². The van der Waals surface area contributed by atoms with Crippen LogP contribution in [0.1, 0.15) is 13.8 Å². The molecule has 4 nitrogen and oxygen atoms in total. The summed E-state index contributed by atoms with van der Waals surface area (Å²) >= 11 is 0. The zero-order valence-electron chi connectivity index (χ0n) is 9.21. The van der Waals surface area contributed by atoms with Crippen molar-refractivity contribution >= 4 is 0 Å². The average Bonchev–Trinajstić information content (AvgIpc) is 2.30. The van der Waals surface area contributed by atoms with Crippen LogP contribution in [0, 0.1) is 6.33 Å². The first-order chi connectivity index (χ1) is 7.77. The fourth-order valence-electron chi connectivity index (χ4n) is 1.31. The summed E-state index contributed by atoms with van der Waals surface area (Å²) in [5.41, 5.74) is 1.43. The highest BCUT2D eigenvalue weighted by molar-refractivity contribution is 5.60. The summed E-state index contributed by atoms with van der Waals surface area (Å²) in [6.45, 7) is 3.91. The summed E-state index contributed by atoms with van der Waals surface area (Å²) in [4.78, 5) is 12.1. The van der Waals surface area contributed by atoms with E-state index in [1.54, 1.807) is 12.4 Å². The number of aromatic nitrogens is 3. The number of rotatable bonds is 3. The molecule has 16 heavy (non-hydrogen) atoms. The molecule has 1 radical (unpaired) electrons. The molecule has 0 saturated heterocycles. The van der Waals surface area contributed by atoms with Crippen molar-refractivity contribution < 1.29 is 4.74 Å². The fraction of sp³-hybridized carbons (Fsp3) is 0.250. The van der Waals surface area contributed by atoms with Crippen molar-refractivity contribution in [2.45, 2.75) is 20.0 Å². The predicted octanol–water partition coefficient (Wildman–Crippen LogP) is 2.13. The monoisotopic (exact) mass is 214 g/mol. The lowest BCUT2D eigenvalue weighted by Crippen LogP contribution is -2.07. The standard InChI is InChI=1S/C12H12N3O/c1-9(2)16-11-7-13-8-15-12(11)10-5-3-4-6-14-10/h3-7,9H,1-2H3. The van der Waals surface area contributed by atoms with Crippen LogP contribution in [0.5, 0.6) is 5.75 Å². The Morgan fingerprint density at radius 2 is 2.19 bits per heavy atom. The van der Waals surface area contributed by atoms with Crippen molar-refractivity contribution in [1.82, 2.24) is 15.0 Å². The van der Waals surface area contributed by atoms with E-state index in [2.05, 4.69) is 21.3 Å². The molecule has 2 heterocycles. The van der Waals surface area contributed by atoms with E-state index in [4.69, 9.17) is 4.74 Å². The van der Waals surface area contributed by atoms with Crippen molar-refractivity contribution in [3.63, 3.8) is 0 Å². The Kier molecular flexibility index (Phi) is 3.10. The van der Waals surface area contributed by atoms with E-state index >= 15 is 0 Å². The zero-order chi connectivity index (χ0) is 11.4. The third-order valence-corrected chi connectivity index (χ3v) is 1.90. The van der Waals surface area contributed by atoms with Gasteiger partial charge in [-0.25, -0.2) is 9.97 Å². The molecule has 0 aliphatic rings. The molecule has 0 N–H and O–H groups in total. The summed E-state index contributed by atoms with van der Waals surface area (Å²) in [7, 11) is 0. The van der Waals surface area contributed by atoms with Crippen LogP contribution in [-0.2, 0) is 0 Å². The van der Waals surface area contributed by atoms with Crippen LogP contribution in [0.2, 0.25) is 0 Å². The third-order valence-electron chi connectivity index (χ3n) is 1.90. The lowest BCUT2D eigenvalue weighted by atomic mass is 10.2. The minimum atomic E-state index is 0.0773. The van der Waals surface area contributed by atoms with Crippen LogP contribution >= 0.6 is 0 Å². The molecular weight excluding hydrogens is 202 g/mol. The van der Waals surface area contributed by atoms with Crippen LogP contribution in [0.3, 0.4) is 0 Å². The topological polar surface area (TPSA) is 47.9 Å². The first-order valence-corrected chi connectivity index (χ1v) is 5.08. The maximum Gasteiger partial charge on any atom is 0.198 e. The Bertz CT molecular complexity index is 457. The first kappa shape index (κ1) is 10.5. The molecule has 0 saturated carbocycles. The zero-order valence-corrected chi connectivity index (χ0v) is 9.21. The van der Waals surface area contributed by atoms with Gasteiger partial charge >= 0.3 is 0 Å². The van der Waals surface area contributed by atoms with Gasteiger partial charge in [0.25, 0.3) is 0 Å². The molecule has 2 rings (SSSR count). The minimum absolute atomic E-state index is 0.0773. The second-order valence-electron chi connectivity index (χ2n) is 3.56. The number of nitrogens with zero attached hydrogens (tertiary/aromatic N) is 3. The highest BCUT2D eigenvalue weighted by Crippen LogP contribution is 2.25. The summed E-state index contributed by atoms with van der Waals surface area (Å²) < 4.78 is 5.61. The lowest BCUT2D eigenvalue weighted by Gasteiger charge is -2.11. The van der Waals surface area contributed by atoms with Crippen molar-refractivity contribution in [2.24, 2.45) is 0 Å². The van der Waals surface area contributed by atoms with Crippen LogP contribution in [-0.4, -0.2) is 21.1 Å². The van der Waals surface area contributed by atoms with Crippen molar-refractivity contribution in [3.8, 4) is 17.1 Å². The van der Waals surface area contributed by atoms with Gasteiger partial charge in [-0.1, -0.05) is 6.07 Å². The number of hydrogen-bond donors (Lipinski definition) is 0. The van der Waals surface area contributed by atoms with E-state index in [0.717, 1.165) is 5.69 Å². The molecule has 0 aliphatic heterocycles. The SMILES string of the molecule is CC(C)Oc1cn[c]nc1-c1ccccn1. The summed E-state index contributed by atoms with van der Waals surface area (Å²) in [5, 5.41) is 0. The normalized spacial score (nSPS) is 10.4. The van der Waals surface area contributed by atoms with Gasteiger partial charge in [-0.05, 0) is 26.0 Å². The maximum atomic E-state index is 5.61. The van der Waals surface area contributed by atoms with Gasteiger partial charge in [-0.2, -0.15) is 0 Å².